The summed E-state index contributed by atoms with van der Waals surface area (Å²) < 4.78 is 0.919. The van der Waals surface area contributed by atoms with E-state index in [1.54, 1.807) is 18.2 Å². The lowest BCUT2D eigenvalue weighted by Crippen LogP contribution is -2.35. The monoisotopic (exact) mass is 500 g/mol. The van der Waals surface area contributed by atoms with Crippen molar-refractivity contribution in [1.82, 2.24) is 10.2 Å². The van der Waals surface area contributed by atoms with Crippen molar-refractivity contribution in [2.24, 2.45) is 5.92 Å². The van der Waals surface area contributed by atoms with Crippen LogP contribution in [-0.4, -0.2) is 57.0 Å². The minimum atomic E-state index is -0.200. The summed E-state index contributed by atoms with van der Waals surface area (Å²) in [7, 11) is 4.05. The molecule has 172 valence electrons. The molecular weight excluding hydrogens is 468 g/mol. The number of halogens is 1. The smallest absolute Gasteiger partial charge is 0.255 e. The highest BCUT2D eigenvalue weighted by Gasteiger charge is 2.22. The van der Waals surface area contributed by atoms with Gasteiger partial charge in [-0.3, -0.25) is 9.59 Å². The number of rotatable bonds is 8. The molecule has 2 aromatic rings. The molecule has 1 saturated heterocycles. The summed E-state index contributed by atoms with van der Waals surface area (Å²) >= 11 is 3.39. The molecule has 0 saturated carbocycles. The van der Waals surface area contributed by atoms with Gasteiger partial charge in [0.25, 0.3) is 11.8 Å². The average molecular weight is 501 g/mol. The Bertz CT molecular complexity index is 922. The van der Waals surface area contributed by atoms with Crippen LogP contribution in [-0.2, 0) is 0 Å². The molecule has 0 radical (unpaired) electrons. The molecule has 2 aromatic carbocycles. The Morgan fingerprint density at radius 1 is 1.06 bits per heavy atom. The molecule has 3 rings (SSSR count). The second-order valence-corrected chi connectivity index (χ2v) is 9.69. The number of nitrogens with zero attached hydrogens (tertiary/aromatic N) is 2. The van der Waals surface area contributed by atoms with Crippen molar-refractivity contribution in [3.8, 4) is 0 Å². The van der Waals surface area contributed by atoms with Gasteiger partial charge in [-0.15, -0.1) is 0 Å². The highest BCUT2D eigenvalue weighted by atomic mass is 79.9. The van der Waals surface area contributed by atoms with Crippen molar-refractivity contribution in [2.75, 3.05) is 50.5 Å². The van der Waals surface area contributed by atoms with Crippen LogP contribution in [0.4, 0.5) is 11.4 Å². The molecule has 2 amide bonds. The molecule has 0 bridgehead atoms. The summed E-state index contributed by atoms with van der Waals surface area (Å²) in [4.78, 5) is 30.1. The zero-order valence-corrected chi connectivity index (χ0v) is 20.7. The van der Waals surface area contributed by atoms with E-state index in [9.17, 15) is 9.59 Å². The molecule has 0 atom stereocenters. The molecule has 6 nitrogen and oxygen atoms in total. The fourth-order valence-corrected chi connectivity index (χ4v) is 4.08. The molecule has 0 spiro atoms. The van der Waals surface area contributed by atoms with Crippen LogP contribution in [0.25, 0.3) is 0 Å². The van der Waals surface area contributed by atoms with Gasteiger partial charge in [-0.2, -0.15) is 0 Å². The first-order valence-corrected chi connectivity index (χ1v) is 12.0. The van der Waals surface area contributed by atoms with Crippen molar-refractivity contribution in [3.63, 3.8) is 0 Å². The molecule has 2 N–H and O–H groups in total. The Morgan fingerprint density at radius 3 is 2.41 bits per heavy atom. The average Bonchev–Trinajstić information content (AvgIpc) is 2.77. The van der Waals surface area contributed by atoms with E-state index in [1.165, 1.54) is 0 Å². The Kier molecular flexibility index (Phi) is 8.70. The Balaban J connectivity index is 1.78. The van der Waals surface area contributed by atoms with E-state index in [1.807, 2.05) is 38.4 Å². The van der Waals surface area contributed by atoms with Crippen molar-refractivity contribution in [2.45, 2.75) is 26.2 Å². The number of amides is 2. The van der Waals surface area contributed by atoms with Crippen LogP contribution >= 0.6 is 15.9 Å². The van der Waals surface area contributed by atoms with E-state index in [-0.39, 0.29) is 11.8 Å². The first-order valence-electron chi connectivity index (χ1n) is 11.2. The first kappa shape index (κ1) is 24.3. The van der Waals surface area contributed by atoms with Crippen LogP contribution < -0.4 is 15.5 Å². The summed E-state index contributed by atoms with van der Waals surface area (Å²) in [6.45, 7) is 5.68. The minimum absolute atomic E-state index is 0.0999. The summed E-state index contributed by atoms with van der Waals surface area (Å²) in [5.74, 6) is 0.408. The number of benzene rings is 2. The fourth-order valence-electron chi connectivity index (χ4n) is 3.82. The van der Waals surface area contributed by atoms with E-state index in [4.69, 9.17) is 0 Å². The molecule has 7 heteroatoms. The molecule has 0 aromatic heterocycles. The number of hydrogen-bond donors (Lipinski definition) is 2. The highest BCUT2D eigenvalue weighted by Crippen LogP contribution is 2.29. The summed E-state index contributed by atoms with van der Waals surface area (Å²) in [6, 6.07) is 12.8. The molecule has 1 aliphatic rings. The summed E-state index contributed by atoms with van der Waals surface area (Å²) in [5, 5.41) is 5.98. The van der Waals surface area contributed by atoms with Gasteiger partial charge in [0.15, 0.2) is 0 Å². The quantitative estimate of drug-likeness (QED) is 0.519. The van der Waals surface area contributed by atoms with Gasteiger partial charge in [0.1, 0.15) is 0 Å². The van der Waals surface area contributed by atoms with E-state index < -0.39 is 0 Å². The lowest BCUT2D eigenvalue weighted by Gasteiger charge is -2.33. The minimum Gasteiger partial charge on any atom is -0.371 e. The third-order valence-electron chi connectivity index (χ3n) is 5.80. The van der Waals surface area contributed by atoms with Gasteiger partial charge >= 0.3 is 0 Å². The number of hydrogen-bond acceptors (Lipinski definition) is 4. The van der Waals surface area contributed by atoms with E-state index >= 15 is 0 Å². The third-order valence-corrected chi connectivity index (χ3v) is 6.33. The van der Waals surface area contributed by atoms with Gasteiger partial charge in [0.05, 0.1) is 5.56 Å². The summed E-state index contributed by atoms with van der Waals surface area (Å²) in [5.41, 5.74) is 2.73. The zero-order chi connectivity index (χ0) is 23.1. The molecule has 32 heavy (non-hydrogen) atoms. The number of carbonyl (C=O) groups excluding carboxylic acids is 2. The highest BCUT2D eigenvalue weighted by molar-refractivity contribution is 9.10. The maximum Gasteiger partial charge on any atom is 0.255 e. The van der Waals surface area contributed by atoms with Gasteiger partial charge in [-0.25, -0.2) is 0 Å². The standard InChI is InChI=1S/C25H33BrN4O2/c1-18-11-15-30(16-12-18)23-10-9-21(28-24(31)19-5-7-20(26)8-6-19)17-22(23)25(32)27-13-4-14-29(2)3/h5-10,17-18H,4,11-16H2,1-3H3,(H,27,32)(H,28,31). The maximum absolute atomic E-state index is 13.1. The Morgan fingerprint density at radius 2 is 1.75 bits per heavy atom. The topological polar surface area (TPSA) is 64.7 Å². The number of piperidine rings is 1. The number of carbonyl (C=O) groups is 2. The Hall–Kier alpha value is -2.38. The molecule has 0 unspecified atom stereocenters. The van der Waals surface area contributed by atoms with Crippen LogP contribution in [0.15, 0.2) is 46.9 Å². The van der Waals surface area contributed by atoms with Crippen molar-refractivity contribution < 1.29 is 9.59 Å². The largest absolute Gasteiger partial charge is 0.371 e. The van der Waals surface area contributed by atoms with Crippen LogP contribution in [0.2, 0.25) is 0 Å². The lowest BCUT2D eigenvalue weighted by atomic mass is 9.97. The Labute approximate surface area is 199 Å². The van der Waals surface area contributed by atoms with Gasteiger partial charge in [0, 0.05) is 41.0 Å². The van der Waals surface area contributed by atoms with Gasteiger partial charge in [0.2, 0.25) is 0 Å². The third kappa shape index (κ3) is 6.81. The van der Waals surface area contributed by atoms with E-state index in [0.29, 0.717) is 29.3 Å². The van der Waals surface area contributed by atoms with E-state index in [0.717, 1.165) is 49.1 Å². The van der Waals surface area contributed by atoms with Crippen molar-refractivity contribution in [1.29, 1.82) is 0 Å². The summed E-state index contributed by atoms with van der Waals surface area (Å²) in [6.07, 6.45) is 3.12. The predicted octanol–water partition coefficient (Wildman–Crippen LogP) is 4.62. The molecule has 1 aliphatic heterocycles. The number of nitrogens with one attached hydrogen (secondary N) is 2. The van der Waals surface area contributed by atoms with Crippen LogP contribution in [0.5, 0.6) is 0 Å². The fraction of sp³-hybridized carbons (Fsp3) is 0.440. The number of anilines is 2. The predicted molar refractivity (Wildman–Crippen MR) is 135 cm³/mol. The van der Waals surface area contributed by atoms with Crippen LogP contribution in [0, 0.1) is 5.92 Å². The van der Waals surface area contributed by atoms with Gasteiger partial charge in [-0.1, -0.05) is 22.9 Å². The normalized spacial score (nSPS) is 14.5. The second kappa shape index (κ2) is 11.5. The second-order valence-electron chi connectivity index (χ2n) is 8.78. The van der Waals surface area contributed by atoms with Crippen LogP contribution in [0.3, 0.4) is 0 Å². The van der Waals surface area contributed by atoms with Crippen LogP contribution in [0.1, 0.15) is 46.9 Å². The molecule has 0 aliphatic carbocycles. The molecule has 1 heterocycles. The van der Waals surface area contributed by atoms with E-state index in [2.05, 4.69) is 43.3 Å². The van der Waals surface area contributed by atoms with Gasteiger partial charge < -0.3 is 20.4 Å². The maximum atomic E-state index is 13.1. The lowest BCUT2D eigenvalue weighted by molar-refractivity contribution is 0.0951. The first-order chi connectivity index (χ1) is 15.3. The van der Waals surface area contributed by atoms with Crippen molar-refractivity contribution in [3.05, 3.63) is 58.1 Å². The zero-order valence-electron chi connectivity index (χ0n) is 19.2. The molecule has 1 fully saturated rings. The molecular formula is C25H33BrN4O2. The van der Waals surface area contributed by atoms with Crippen molar-refractivity contribution >= 4 is 39.1 Å². The van der Waals surface area contributed by atoms with Gasteiger partial charge in [-0.05, 0) is 88.3 Å². The SMILES string of the molecule is CC1CCN(c2ccc(NC(=O)c3ccc(Br)cc3)cc2C(=O)NCCCN(C)C)CC1.